The Morgan fingerprint density at radius 3 is 2.76 bits per heavy atom. The van der Waals surface area contributed by atoms with Crippen molar-refractivity contribution in [2.24, 2.45) is 5.92 Å². The zero-order chi connectivity index (χ0) is 15.1. The summed E-state index contributed by atoms with van der Waals surface area (Å²) >= 11 is 10.1. The minimum absolute atomic E-state index is 0.564. The average Bonchev–Trinajstić information content (AvgIpc) is 2.88. The van der Waals surface area contributed by atoms with Crippen LogP contribution in [0, 0.1) is 12.8 Å². The molecular formula is C17H24BrClN2. The van der Waals surface area contributed by atoms with E-state index in [1.165, 1.54) is 36.1 Å². The number of anilines is 1. The summed E-state index contributed by atoms with van der Waals surface area (Å²) in [6.07, 6.45) is 2.68. The van der Waals surface area contributed by atoms with Gasteiger partial charge in [-0.2, -0.15) is 0 Å². The number of aryl methyl sites for hydroxylation is 1. The summed E-state index contributed by atoms with van der Waals surface area (Å²) in [7, 11) is 0. The number of hydrogen-bond acceptors (Lipinski definition) is 2. The van der Waals surface area contributed by atoms with Gasteiger partial charge in [-0.15, -0.1) is 0 Å². The normalized spacial score (nSPS) is 26.5. The quantitative estimate of drug-likeness (QED) is 0.742. The molecule has 0 amide bonds. The van der Waals surface area contributed by atoms with Crippen LogP contribution in [0.25, 0.3) is 0 Å². The third kappa shape index (κ3) is 2.97. The summed E-state index contributed by atoms with van der Waals surface area (Å²) in [6.45, 7) is 10.3. The maximum absolute atomic E-state index is 6.39. The van der Waals surface area contributed by atoms with Gasteiger partial charge in [-0.25, -0.2) is 0 Å². The first-order valence-corrected chi connectivity index (χ1v) is 9.11. The van der Waals surface area contributed by atoms with Gasteiger partial charge in [-0.3, -0.25) is 4.90 Å². The van der Waals surface area contributed by atoms with Gasteiger partial charge in [-0.05, 0) is 65.9 Å². The van der Waals surface area contributed by atoms with E-state index in [4.69, 9.17) is 11.6 Å². The second-order valence-electron chi connectivity index (χ2n) is 6.81. The molecule has 4 heteroatoms. The van der Waals surface area contributed by atoms with Crippen molar-refractivity contribution in [3.05, 3.63) is 27.2 Å². The number of benzene rings is 1. The smallest absolute Gasteiger partial charge is 0.0529 e. The highest BCUT2D eigenvalue weighted by molar-refractivity contribution is 9.10. The molecule has 0 radical (unpaired) electrons. The summed E-state index contributed by atoms with van der Waals surface area (Å²) in [4.78, 5) is 5.28. The maximum atomic E-state index is 6.39. The highest BCUT2D eigenvalue weighted by atomic mass is 79.9. The first kappa shape index (κ1) is 15.6. The predicted octanol–water partition coefficient (Wildman–Crippen LogP) is 4.72. The number of fused-ring (bicyclic) bond motifs is 1. The monoisotopic (exact) mass is 370 g/mol. The Kier molecular flexibility index (Phi) is 4.54. The molecule has 21 heavy (non-hydrogen) atoms. The summed E-state index contributed by atoms with van der Waals surface area (Å²) < 4.78 is 1.17. The van der Waals surface area contributed by atoms with Gasteiger partial charge in [0.2, 0.25) is 0 Å². The van der Waals surface area contributed by atoms with Gasteiger partial charge in [0, 0.05) is 34.7 Å². The van der Waals surface area contributed by atoms with Crippen molar-refractivity contribution in [3.63, 3.8) is 0 Å². The number of rotatable bonds is 2. The van der Waals surface area contributed by atoms with Crippen LogP contribution in [-0.2, 0) is 0 Å². The molecule has 1 aromatic rings. The van der Waals surface area contributed by atoms with E-state index >= 15 is 0 Å². The molecule has 2 atom stereocenters. The summed E-state index contributed by atoms with van der Waals surface area (Å²) in [5.41, 5.74) is 2.39. The largest absolute Gasteiger partial charge is 0.364 e. The van der Waals surface area contributed by atoms with Crippen molar-refractivity contribution >= 4 is 33.2 Å². The van der Waals surface area contributed by atoms with Crippen molar-refractivity contribution in [3.8, 4) is 0 Å². The van der Waals surface area contributed by atoms with Crippen LogP contribution in [0.1, 0.15) is 32.3 Å². The SMILES string of the molecule is Cc1cc(Br)c(N2CC3CCCN3CC2C(C)C)cc1Cl. The Morgan fingerprint density at radius 1 is 1.29 bits per heavy atom. The Morgan fingerprint density at radius 2 is 2.05 bits per heavy atom. The molecule has 0 N–H and O–H groups in total. The number of hydrogen-bond donors (Lipinski definition) is 0. The van der Waals surface area contributed by atoms with E-state index in [1.807, 2.05) is 0 Å². The highest BCUT2D eigenvalue weighted by Gasteiger charge is 2.38. The second-order valence-corrected chi connectivity index (χ2v) is 8.07. The topological polar surface area (TPSA) is 6.48 Å². The van der Waals surface area contributed by atoms with Crippen LogP contribution < -0.4 is 4.90 Å². The van der Waals surface area contributed by atoms with E-state index in [-0.39, 0.29) is 0 Å². The van der Waals surface area contributed by atoms with Gasteiger partial charge < -0.3 is 4.90 Å². The summed E-state index contributed by atoms with van der Waals surface area (Å²) in [5, 5.41) is 0.865. The Balaban J connectivity index is 1.96. The van der Waals surface area contributed by atoms with Crippen molar-refractivity contribution in [2.45, 2.75) is 45.7 Å². The van der Waals surface area contributed by atoms with Crippen molar-refractivity contribution in [1.82, 2.24) is 4.90 Å². The molecule has 2 fully saturated rings. The first-order valence-electron chi connectivity index (χ1n) is 7.93. The van der Waals surface area contributed by atoms with E-state index in [9.17, 15) is 0 Å². The van der Waals surface area contributed by atoms with E-state index in [0.29, 0.717) is 18.0 Å². The molecule has 2 unspecified atom stereocenters. The lowest BCUT2D eigenvalue weighted by Gasteiger charge is -2.47. The fourth-order valence-corrected chi connectivity index (χ4v) is 4.59. The van der Waals surface area contributed by atoms with E-state index in [0.717, 1.165) is 17.1 Å². The Hall–Kier alpha value is -0.250. The lowest BCUT2D eigenvalue weighted by Crippen LogP contribution is -2.58. The maximum Gasteiger partial charge on any atom is 0.0529 e. The Bertz CT molecular complexity index is 532. The molecule has 0 spiro atoms. The minimum atomic E-state index is 0.564. The van der Waals surface area contributed by atoms with Crippen LogP contribution in [0.15, 0.2) is 16.6 Å². The van der Waals surface area contributed by atoms with Gasteiger partial charge in [0.05, 0.1) is 5.69 Å². The van der Waals surface area contributed by atoms with Gasteiger partial charge in [-0.1, -0.05) is 25.4 Å². The molecule has 2 heterocycles. The van der Waals surface area contributed by atoms with E-state index in [1.54, 1.807) is 0 Å². The molecule has 0 saturated carbocycles. The molecule has 0 aliphatic carbocycles. The van der Waals surface area contributed by atoms with Gasteiger partial charge in [0.15, 0.2) is 0 Å². The van der Waals surface area contributed by atoms with Crippen LogP contribution in [0.2, 0.25) is 5.02 Å². The molecule has 0 bridgehead atoms. The second kappa shape index (κ2) is 6.10. The van der Waals surface area contributed by atoms with Crippen molar-refractivity contribution in [1.29, 1.82) is 0 Å². The molecule has 1 aromatic carbocycles. The molecular weight excluding hydrogens is 348 g/mol. The Labute approximate surface area is 141 Å². The fourth-order valence-electron chi connectivity index (χ4n) is 3.75. The first-order chi connectivity index (χ1) is 9.97. The number of halogens is 2. The van der Waals surface area contributed by atoms with Crippen LogP contribution in [0.4, 0.5) is 5.69 Å². The van der Waals surface area contributed by atoms with Crippen molar-refractivity contribution in [2.75, 3.05) is 24.5 Å². The number of nitrogens with zero attached hydrogens (tertiary/aromatic N) is 2. The molecule has 2 nitrogen and oxygen atoms in total. The minimum Gasteiger partial charge on any atom is -0.364 e. The third-order valence-corrected chi connectivity index (χ3v) is 6.08. The average molecular weight is 372 g/mol. The van der Waals surface area contributed by atoms with Crippen LogP contribution >= 0.6 is 27.5 Å². The van der Waals surface area contributed by atoms with Gasteiger partial charge in [0.1, 0.15) is 0 Å². The van der Waals surface area contributed by atoms with E-state index < -0.39 is 0 Å². The van der Waals surface area contributed by atoms with E-state index in [2.05, 4.69) is 58.6 Å². The lowest BCUT2D eigenvalue weighted by atomic mass is 9.96. The van der Waals surface area contributed by atoms with Crippen LogP contribution in [-0.4, -0.2) is 36.6 Å². The standard InChI is InChI=1S/C17H24BrClN2/c1-11(2)17-10-20-6-4-5-13(20)9-21(17)16-8-15(19)12(3)7-14(16)18/h7-8,11,13,17H,4-6,9-10H2,1-3H3. The molecule has 116 valence electrons. The molecule has 3 rings (SSSR count). The zero-order valence-electron chi connectivity index (χ0n) is 13.1. The van der Waals surface area contributed by atoms with Gasteiger partial charge >= 0.3 is 0 Å². The summed E-state index contributed by atoms with van der Waals surface area (Å²) in [6, 6.07) is 5.57. The zero-order valence-corrected chi connectivity index (χ0v) is 15.4. The number of piperazine rings is 1. The predicted molar refractivity (Wildman–Crippen MR) is 94.5 cm³/mol. The molecule has 2 aliphatic heterocycles. The summed E-state index contributed by atoms with van der Waals surface area (Å²) in [5.74, 6) is 0.638. The molecule has 0 aromatic heterocycles. The molecule has 2 saturated heterocycles. The fraction of sp³-hybridized carbons (Fsp3) is 0.647. The third-order valence-electron chi connectivity index (χ3n) is 5.04. The van der Waals surface area contributed by atoms with Crippen LogP contribution in [0.5, 0.6) is 0 Å². The lowest BCUT2D eigenvalue weighted by molar-refractivity contribution is 0.176. The van der Waals surface area contributed by atoms with Gasteiger partial charge in [0.25, 0.3) is 0 Å². The highest BCUT2D eigenvalue weighted by Crippen LogP contribution is 2.37. The van der Waals surface area contributed by atoms with Crippen molar-refractivity contribution < 1.29 is 0 Å². The van der Waals surface area contributed by atoms with Crippen LogP contribution in [0.3, 0.4) is 0 Å². The molecule has 2 aliphatic rings.